The molecule has 7 nitrogen and oxygen atoms in total. The maximum Gasteiger partial charge on any atom is 0.246 e. The van der Waals surface area contributed by atoms with E-state index in [1.165, 1.54) is 23.6 Å². The minimum Gasteiger partial charge on any atom is -0.363 e. The van der Waals surface area contributed by atoms with Crippen molar-refractivity contribution < 1.29 is 9.18 Å². The number of fused-ring (bicyclic) bond motifs is 1. The number of aromatic nitrogens is 2. The van der Waals surface area contributed by atoms with Gasteiger partial charge >= 0.3 is 0 Å². The lowest BCUT2D eigenvalue weighted by atomic mass is 10.1. The van der Waals surface area contributed by atoms with Crippen LogP contribution in [0.15, 0.2) is 37.1 Å². The summed E-state index contributed by atoms with van der Waals surface area (Å²) in [5, 5.41) is 9.57. The highest BCUT2D eigenvalue weighted by Gasteiger charge is 2.23. The zero-order valence-electron chi connectivity index (χ0n) is 20.2. The standard InChI is InChI=1S/C20H23FN6O.C3H8.C2H6/c1-2-18(28)27-7-3-4-16(12-27)24-19-17(21)11-23-20(26-19)25-15-6-5-13-9-22-10-14(13)8-15;1-3-2;1-2/h2,5-6,8,11,16,22H,1,3-4,7,9-10,12H2,(H2,23,24,25,26);3H2,1-2H3;1-2H3. The molecule has 3 heterocycles. The van der Waals surface area contributed by atoms with Gasteiger partial charge in [-0.05, 0) is 42.2 Å². The minimum absolute atomic E-state index is 0.0685. The lowest BCUT2D eigenvalue weighted by Crippen LogP contribution is -2.44. The molecule has 0 bridgehead atoms. The van der Waals surface area contributed by atoms with Crippen molar-refractivity contribution in [3.63, 3.8) is 0 Å². The summed E-state index contributed by atoms with van der Waals surface area (Å²) in [7, 11) is 0. The summed E-state index contributed by atoms with van der Waals surface area (Å²) in [6.45, 7) is 14.7. The fourth-order valence-electron chi connectivity index (χ4n) is 3.65. The van der Waals surface area contributed by atoms with Crippen molar-refractivity contribution in [2.75, 3.05) is 23.7 Å². The average Bonchev–Trinajstić information content (AvgIpc) is 3.31. The van der Waals surface area contributed by atoms with Gasteiger partial charge in [0.2, 0.25) is 11.9 Å². The molecule has 3 N–H and O–H groups in total. The van der Waals surface area contributed by atoms with E-state index in [0.29, 0.717) is 19.0 Å². The van der Waals surface area contributed by atoms with Crippen molar-refractivity contribution in [1.29, 1.82) is 0 Å². The normalized spacial score (nSPS) is 16.4. The van der Waals surface area contributed by atoms with E-state index in [-0.39, 0.29) is 17.8 Å². The molecule has 1 fully saturated rings. The van der Waals surface area contributed by atoms with E-state index in [1.54, 1.807) is 4.90 Å². The third-order valence-electron chi connectivity index (χ3n) is 5.09. The van der Waals surface area contributed by atoms with Crippen LogP contribution in [0.25, 0.3) is 0 Å². The molecule has 8 heteroatoms. The predicted octanol–water partition coefficient (Wildman–Crippen LogP) is 4.99. The number of halogens is 1. The molecule has 180 valence electrons. The van der Waals surface area contributed by atoms with Crippen LogP contribution in [0.5, 0.6) is 0 Å². The Morgan fingerprint density at radius 1 is 1.30 bits per heavy atom. The molecule has 2 aromatic rings. The van der Waals surface area contributed by atoms with Crippen LogP contribution in [0.3, 0.4) is 0 Å². The number of anilines is 3. The SMILES string of the molecule is C=CC(=O)N1CCCC(Nc2nc(Nc3ccc4c(c3)CNC4)ncc2F)C1.CC.CCC. The van der Waals surface area contributed by atoms with Gasteiger partial charge in [0.05, 0.1) is 6.20 Å². The van der Waals surface area contributed by atoms with Gasteiger partial charge in [0, 0.05) is 37.9 Å². The van der Waals surface area contributed by atoms with Crippen LogP contribution in [0.4, 0.5) is 21.8 Å². The van der Waals surface area contributed by atoms with E-state index in [4.69, 9.17) is 0 Å². The Labute approximate surface area is 196 Å². The maximum atomic E-state index is 14.2. The van der Waals surface area contributed by atoms with Crippen LogP contribution in [0.2, 0.25) is 0 Å². The topological polar surface area (TPSA) is 82.2 Å². The summed E-state index contributed by atoms with van der Waals surface area (Å²) in [5.74, 6) is -0.165. The van der Waals surface area contributed by atoms with Crippen molar-refractivity contribution in [3.8, 4) is 0 Å². The summed E-state index contributed by atoms with van der Waals surface area (Å²) in [6.07, 6.45) is 5.40. The number of carbonyl (C=O) groups excluding carboxylic acids is 1. The first-order valence-corrected chi connectivity index (χ1v) is 11.8. The second-order valence-corrected chi connectivity index (χ2v) is 7.78. The Kier molecular flexibility index (Phi) is 10.8. The number of carbonyl (C=O) groups is 1. The quantitative estimate of drug-likeness (QED) is 0.550. The molecule has 4 rings (SSSR count). The predicted molar refractivity (Wildman–Crippen MR) is 133 cm³/mol. The zero-order valence-corrected chi connectivity index (χ0v) is 20.2. The number of likely N-dealkylation sites (tertiary alicyclic amines) is 1. The molecule has 1 aromatic carbocycles. The lowest BCUT2D eigenvalue weighted by molar-refractivity contribution is -0.127. The maximum absolute atomic E-state index is 14.2. The number of hydrogen-bond donors (Lipinski definition) is 3. The van der Waals surface area contributed by atoms with Gasteiger partial charge in [-0.1, -0.05) is 46.8 Å². The molecule has 2 aliphatic heterocycles. The first-order chi connectivity index (χ1) is 16.0. The van der Waals surface area contributed by atoms with Crippen LogP contribution < -0.4 is 16.0 Å². The first-order valence-electron chi connectivity index (χ1n) is 11.8. The number of rotatable bonds is 5. The molecule has 33 heavy (non-hydrogen) atoms. The molecule has 0 radical (unpaired) electrons. The van der Waals surface area contributed by atoms with E-state index >= 15 is 0 Å². The van der Waals surface area contributed by atoms with Crippen LogP contribution in [-0.2, 0) is 17.9 Å². The van der Waals surface area contributed by atoms with Gasteiger partial charge in [-0.2, -0.15) is 4.98 Å². The van der Waals surface area contributed by atoms with Gasteiger partial charge in [-0.15, -0.1) is 0 Å². The summed E-state index contributed by atoms with van der Waals surface area (Å²) in [6, 6.07) is 6.01. The van der Waals surface area contributed by atoms with Gasteiger partial charge in [-0.25, -0.2) is 9.37 Å². The summed E-state index contributed by atoms with van der Waals surface area (Å²) in [4.78, 5) is 21.9. The molecule has 0 spiro atoms. The van der Waals surface area contributed by atoms with Crippen molar-refractivity contribution >= 4 is 23.4 Å². The molecule has 1 atom stereocenters. The molecular formula is C25H37FN6O. The fraction of sp³-hybridized carbons (Fsp3) is 0.480. The average molecular weight is 457 g/mol. The van der Waals surface area contributed by atoms with Gasteiger partial charge in [-0.3, -0.25) is 4.79 Å². The molecule has 1 saturated heterocycles. The number of amides is 1. The molecular weight excluding hydrogens is 419 g/mol. The van der Waals surface area contributed by atoms with Crippen molar-refractivity contribution in [1.82, 2.24) is 20.2 Å². The number of nitrogens with zero attached hydrogens (tertiary/aromatic N) is 3. The number of benzene rings is 1. The Bertz CT molecular complexity index is 920. The van der Waals surface area contributed by atoms with E-state index in [0.717, 1.165) is 37.8 Å². The van der Waals surface area contributed by atoms with Crippen LogP contribution >= 0.6 is 0 Å². The van der Waals surface area contributed by atoms with Crippen LogP contribution in [0.1, 0.15) is 58.1 Å². The number of hydrogen-bond acceptors (Lipinski definition) is 6. The van der Waals surface area contributed by atoms with E-state index < -0.39 is 5.82 Å². The molecule has 1 amide bonds. The Balaban J connectivity index is 0.000000714. The summed E-state index contributed by atoms with van der Waals surface area (Å²) < 4.78 is 14.2. The monoisotopic (exact) mass is 456 g/mol. The van der Waals surface area contributed by atoms with E-state index in [9.17, 15) is 9.18 Å². The lowest BCUT2D eigenvalue weighted by Gasteiger charge is -2.32. The first kappa shape index (κ1) is 26.3. The third-order valence-corrected chi connectivity index (χ3v) is 5.09. The highest BCUT2D eigenvalue weighted by molar-refractivity contribution is 5.87. The number of nitrogens with one attached hydrogen (secondary N) is 3. The van der Waals surface area contributed by atoms with Gasteiger partial charge in [0.15, 0.2) is 11.6 Å². The van der Waals surface area contributed by atoms with Crippen LogP contribution in [0, 0.1) is 5.82 Å². The molecule has 2 aliphatic rings. The summed E-state index contributed by atoms with van der Waals surface area (Å²) >= 11 is 0. The second-order valence-electron chi connectivity index (χ2n) is 7.78. The van der Waals surface area contributed by atoms with Gasteiger partial charge in [0.1, 0.15) is 0 Å². The minimum atomic E-state index is -0.518. The van der Waals surface area contributed by atoms with Crippen molar-refractivity contribution in [2.24, 2.45) is 0 Å². The molecule has 1 unspecified atom stereocenters. The van der Waals surface area contributed by atoms with Gasteiger partial charge in [0.25, 0.3) is 0 Å². The fourth-order valence-corrected chi connectivity index (χ4v) is 3.65. The highest BCUT2D eigenvalue weighted by atomic mass is 19.1. The third kappa shape index (κ3) is 7.53. The van der Waals surface area contributed by atoms with E-state index in [2.05, 4.69) is 58.5 Å². The van der Waals surface area contributed by atoms with Gasteiger partial charge < -0.3 is 20.9 Å². The second kappa shape index (κ2) is 13.5. The van der Waals surface area contributed by atoms with Crippen molar-refractivity contribution in [3.05, 3.63) is 54.0 Å². The largest absolute Gasteiger partial charge is 0.363 e. The molecule has 1 aromatic heterocycles. The highest BCUT2D eigenvalue weighted by Crippen LogP contribution is 2.23. The smallest absolute Gasteiger partial charge is 0.246 e. The Hall–Kier alpha value is -3.00. The van der Waals surface area contributed by atoms with Crippen molar-refractivity contribution in [2.45, 2.75) is 66.1 Å². The zero-order chi connectivity index (χ0) is 24.2. The number of piperidine rings is 1. The van der Waals surface area contributed by atoms with E-state index in [1.807, 2.05) is 19.9 Å². The summed E-state index contributed by atoms with van der Waals surface area (Å²) in [5.41, 5.74) is 3.38. The molecule has 0 aliphatic carbocycles. The Morgan fingerprint density at radius 2 is 2.03 bits per heavy atom. The molecule has 0 saturated carbocycles. The van der Waals surface area contributed by atoms with Crippen LogP contribution in [-0.4, -0.2) is 39.9 Å². The Morgan fingerprint density at radius 3 is 2.76 bits per heavy atom.